The zero-order valence-electron chi connectivity index (χ0n) is 10.5. The molecule has 0 radical (unpaired) electrons. The molecule has 2 heterocycles. The first-order chi connectivity index (χ1) is 8.60. The van der Waals surface area contributed by atoms with Gasteiger partial charge in [0.25, 0.3) is 5.56 Å². The molecule has 0 saturated heterocycles. The van der Waals surface area contributed by atoms with E-state index < -0.39 is 0 Å². The zero-order chi connectivity index (χ0) is 13.1. The van der Waals surface area contributed by atoms with Crippen LogP contribution in [0.1, 0.15) is 18.1 Å². The summed E-state index contributed by atoms with van der Waals surface area (Å²) in [6.07, 6.45) is 6.65. The first-order valence-electron chi connectivity index (χ1n) is 5.90. The molecule has 0 aliphatic rings. The van der Waals surface area contributed by atoms with E-state index in [0.717, 1.165) is 5.56 Å². The van der Waals surface area contributed by atoms with Gasteiger partial charge in [-0.25, -0.2) is 4.79 Å². The topological polar surface area (TPSA) is 72.7 Å². The second-order valence-corrected chi connectivity index (χ2v) is 4.23. The van der Waals surface area contributed by atoms with Gasteiger partial charge in [0, 0.05) is 31.5 Å². The minimum absolute atomic E-state index is 0.292. The summed E-state index contributed by atoms with van der Waals surface area (Å²) in [5, 5.41) is 4.07. The lowest BCUT2D eigenvalue weighted by molar-refractivity contribution is 0.637. The molecule has 96 valence electrons. The van der Waals surface area contributed by atoms with Gasteiger partial charge in [-0.05, 0) is 18.4 Å². The third kappa shape index (κ3) is 2.58. The van der Waals surface area contributed by atoms with Crippen molar-refractivity contribution >= 4 is 0 Å². The number of aromatic nitrogens is 4. The Morgan fingerprint density at radius 3 is 2.72 bits per heavy atom. The maximum Gasteiger partial charge on any atom is 0.328 e. The highest BCUT2D eigenvalue weighted by Gasteiger charge is 2.04. The van der Waals surface area contributed by atoms with Crippen molar-refractivity contribution in [2.75, 3.05) is 0 Å². The van der Waals surface area contributed by atoms with Crippen molar-refractivity contribution in [1.29, 1.82) is 0 Å². The third-order valence-corrected chi connectivity index (χ3v) is 2.87. The van der Waals surface area contributed by atoms with Gasteiger partial charge in [-0.1, -0.05) is 6.92 Å². The molecular formula is C12H16N4O2. The fourth-order valence-corrected chi connectivity index (χ4v) is 1.82. The largest absolute Gasteiger partial charge is 0.328 e. The Bertz CT molecular complexity index is 651. The molecule has 0 spiro atoms. The van der Waals surface area contributed by atoms with E-state index in [1.165, 1.54) is 4.57 Å². The van der Waals surface area contributed by atoms with Crippen LogP contribution >= 0.6 is 0 Å². The van der Waals surface area contributed by atoms with Crippen LogP contribution < -0.4 is 11.2 Å². The van der Waals surface area contributed by atoms with Gasteiger partial charge in [0.1, 0.15) is 0 Å². The van der Waals surface area contributed by atoms with Crippen LogP contribution in [-0.2, 0) is 26.4 Å². The number of aryl methyl sites for hydroxylation is 4. The Morgan fingerprint density at radius 1 is 1.33 bits per heavy atom. The van der Waals surface area contributed by atoms with Gasteiger partial charge in [-0.15, -0.1) is 0 Å². The first kappa shape index (κ1) is 12.3. The summed E-state index contributed by atoms with van der Waals surface area (Å²) in [7, 11) is 1.85. The van der Waals surface area contributed by atoms with Gasteiger partial charge in [0.2, 0.25) is 0 Å². The molecule has 0 aliphatic heterocycles. The molecule has 0 bridgehead atoms. The molecule has 0 fully saturated rings. The lowest BCUT2D eigenvalue weighted by Gasteiger charge is -2.05. The quantitative estimate of drug-likeness (QED) is 0.832. The van der Waals surface area contributed by atoms with E-state index in [9.17, 15) is 9.59 Å². The predicted molar refractivity (Wildman–Crippen MR) is 67.6 cm³/mol. The Labute approximate surface area is 104 Å². The van der Waals surface area contributed by atoms with Gasteiger partial charge in [0.15, 0.2) is 0 Å². The van der Waals surface area contributed by atoms with Crippen molar-refractivity contribution in [3.8, 4) is 0 Å². The molecule has 0 aliphatic carbocycles. The van der Waals surface area contributed by atoms with Gasteiger partial charge in [-0.2, -0.15) is 5.10 Å². The molecule has 2 aromatic rings. The highest BCUT2D eigenvalue weighted by atomic mass is 16.2. The van der Waals surface area contributed by atoms with E-state index in [0.29, 0.717) is 24.9 Å². The maximum atomic E-state index is 11.6. The fourth-order valence-electron chi connectivity index (χ4n) is 1.82. The van der Waals surface area contributed by atoms with Crippen LogP contribution in [0.2, 0.25) is 0 Å². The SMILES string of the molecule is CCc1cn(CCc2cnn(C)c2)c(=O)[nH]c1=O. The predicted octanol–water partition coefficient (Wildman–Crippen LogP) is 0.0752. The Kier molecular flexibility index (Phi) is 3.45. The summed E-state index contributed by atoms with van der Waals surface area (Å²) in [6.45, 7) is 2.43. The smallest absolute Gasteiger partial charge is 0.300 e. The minimum atomic E-state index is -0.360. The highest BCUT2D eigenvalue weighted by molar-refractivity contribution is 5.06. The first-order valence-corrected chi connectivity index (χ1v) is 5.90. The Morgan fingerprint density at radius 2 is 2.11 bits per heavy atom. The van der Waals surface area contributed by atoms with E-state index >= 15 is 0 Å². The van der Waals surface area contributed by atoms with Crippen LogP contribution in [-0.4, -0.2) is 19.3 Å². The van der Waals surface area contributed by atoms with E-state index in [1.807, 2.05) is 20.2 Å². The standard InChI is InChI=1S/C12H16N4O2/c1-3-10-8-16(12(18)14-11(10)17)5-4-9-6-13-15(2)7-9/h6-8H,3-5H2,1-2H3,(H,14,17,18). The molecule has 2 aromatic heterocycles. The summed E-state index contributed by atoms with van der Waals surface area (Å²) in [5.41, 5.74) is 1.04. The van der Waals surface area contributed by atoms with Crippen molar-refractivity contribution in [3.05, 3.63) is 50.6 Å². The molecule has 0 atom stereocenters. The highest BCUT2D eigenvalue weighted by Crippen LogP contribution is 1.99. The summed E-state index contributed by atoms with van der Waals surface area (Å²) in [5.74, 6) is 0. The van der Waals surface area contributed by atoms with E-state index in [4.69, 9.17) is 0 Å². The molecular weight excluding hydrogens is 232 g/mol. The second kappa shape index (κ2) is 5.03. The van der Waals surface area contributed by atoms with Gasteiger partial charge in [-0.3, -0.25) is 19.0 Å². The molecule has 0 saturated carbocycles. The van der Waals surface area contributed by atoms with E-state index in [-0.39, 0.29) is 11.2 Å². The van der Waals surface area contributed by atoms with Crippen molar-refractivity contribution in [2.24, 2.45) is 7.05 Å². The average Bonchev–Trinajstić information content (AvgIpc) is 2.74. The third-order valence-electron chi connectivity index (χ3n) is 2.87. The Balaban J connectivity index is 2.19. The molecule has 0 amide bonds. The lowest BCUT2D eigenvalue weighted by Crippen LogP contribution is -2.32. The number of hydrogen-bond acceptors (Lipinski definition) is 3. The minimum Gasteiger partial charge on any atom is -0.300 e. The monoisotopic (exact) mass is 248 g/mol. The van der Waals surface area contributed by atoms with Crippen LogP contribution in [0.25, 0.3) is 0 Å². The van der Waals surface area contributed by atoms with Gasteiger partial charge < -0.3 is 0 Å². The molecule has 6 heteroatoms. The summed E-state index contributed by atoms with van der Waals surface area (Å²) < 4.78 is 3.26. The molecule has 1 N–H and O–H groups in total. The van der Waals surface area contributed by atoms with Crippen LogP contribution in [0, 0.1) is 0 Å². The van der Waals surface area contributed by atoms with E-state index in [2.05, 4.69) is 10.1 Å². The number of H-pyrrole nitrogens is 1. The number of nitrogens with zero attached hydrogens (tertiary/aromatic N) is 3. The molecule has 0 unspecified atom stereocenters. The van der Waals surface area contributed by atoms with Crippen LogP contribution in [0.5, 0.6) is 0 Å². The maximum absolute atomic E-state index is 11.6. The normalized spacial score (nSPS) is 10.8. The second-order valence-electron chi connectivity index (χ2n) is 4.23. The number of hydrogen-bond donors (Lipinski definition) is 1. The van der Waals surface area contributed by atoms with Crippen molar-refractivity contribution in [2.45, 2.75) is 26.3 Å². The van der Waals surface area contributed by atoms with Crippen molar-refractivity contribution < 1.29 is 0 Å². The Hall–Kier alpha value is -2.11. The zero-order valence-corrected chi connectivity index (χ0v) is 10.5. The lowest BCUT2D eigenvalue weighted by atomic mass is 10.2. The molecule has 0 aromatic carbocycles. The van der Waals surface area contributed by atoms with Crippen LogP contribution in [0.15, 0.2) is 28.2 Å². The molecule has 2 rings (SSSR count). The van der Waals surface area contributed by atoms with Gasteiger partial charge >= 0.3 is 5.69 Å². The number of rotatable bonds is 4. The molecule has 6 nitrogen and oxygen atoms in total. The van der Waals surface area contributed by atoms with Gasteiger partial charge in [0.05, 0.1) is 6.20 Å². The number of nitrogens with one attached hydrogen (secondary N) is 1. The van der Waals surface area contributed by atoms with Crippen molar-refractivity contribution in [1.82, 2.24) is 19.3 Å². The molecule has 18 heavy (non-hydrogen) atoms. The van der Waals surface area contributed by atoms with Crippen LogP contribution in [0.3, 0.4) is 0 Å². The summed E-state index contributed by atoms with van der Waals surface area (Å²) in [4.78, 5) is 25.4. The number of aromatic amines is 1. The van der Waals surface area contributed by atoms with Crippen molar-refractivity contribution in [3.63, 3.8) is 0 Å². The van der Waals surface area contributed by atoms with E-state index in [1.54, 1.807) is 17.1 Å². The summed E-state index contributed by atoms with van der Waals surface area (Å²) >= 11 is 0. The summed E-state index contributed by atoms with van der Waals surface area (Å²) in [6, 6.07) is 0. The fraction of sp³-hybridized carbons (Fsp3) is 0.417. The average molecular weight is 248 g/mol. The van der Waals surface area contributed by atoms with Crippen LogP contribution in [0.4, 0.5) is 0 Å².